The Labute approximate surface area is 128 Å². The molecule has 0 saturated heterocycles. The van der Waals surface area contributed by atoms with Crippen LogP contribution in [0.1, 0.15) is 51.0 Å². The first-order valence-corrected chi connectivity index (χ1v) is 7.32. The van der Waals surface area contributed by atoms with Crippen molar-refractivity contribution in [1.82, 2.24) is 5.32 Å². The standard InChI is InChI=1S/C16H21F2NO3/c1-3-4-5-14(16(21)22)19-15(20)8-10(2)12-7-6-11(17)9-13(12)18/h6-7,9-10,14H,3-5,8H2,1-2H3,(H,19,20)(H,21,22)/t10?,14-/m0/s1. The summed E-state index contributed by atoms with van der Waals surface area (Å²) in [5, 5.41) is 11.5. The molecule has 1 aromatic carbocycles. The zero-order valence-corrected chi connectivity index (χ0v) is 12.7. The van der Waals surface area contributed by atoms with Crippen LogP contribution < -0.4 is 5.32 Å². The quantitative estimate of drug-likeness (QED) is 0.774. The van der Waals surface area contributed by atoms with Gasteiger partial charge in [-0.3, -0.25) is 4.79 Å². The van der Waals surface area contributed by atoms with Crippen molar-refractivity contribution in [2.45, 2.75) is 51.5 Å². The molecule has 0 spiro atoms. The van der Waals surface area contributed by atoms with Gasteiger partial charge in [-0.15, -0.1) is 0 Å². The molecule has 2 atom stereocenters. The zero-order valence-electron chi connectivity index (χ0n) is 12.7. The first-order valence-electron chi connectivity index (χ1n) is 7.32. The second kappa shape index (κ2) is 8.46. The highest BCUT2D eigenvalue weighted by Crippen LogP contribution is 2.22. The number of hydrogen-bond donors (Lipinski definition) is 2. The van der Waals surface area contributed by atoms with Crippen molar-refractivity contribution in [3.05, 3.63) is 35.4 Å². The summed E-state index contributed by atoms with van der Waals surface area (Å²) in [6.07, 6.45) is 1.82. The van der Waals surface area contributed by atoms with E-state index in [2.05, 4.69) is 5.32 Å². The molecule has 122 valence electrons. The lowest BCUT2D eigenvalue weighted by Gasteiger charge is -2.17. The average Bonchev–Trinajstić information content (AvgIpc) is 2.42. The third-order valence-corrected chi connectivity index (χ3v) is 3.46. The van der Waals surface area contributed by atoms with Gasteiger partial charge in [0.25, 0.3) is 0 Å². The van der Waals surface area contributed by atoms with Crippen molar-refractivity contribution in [2.24, 2.45) is 0 Å². The van der Waals surface area contributed by atoms with E-state index in [0.717, 1.165) is 18.6 Å². The van der Waals surface area contributed by atoms with Gasteiger partial charge < -0.3 is 10.4 Å². The smallest absolute Gasteiger partial charge is 0.326 e. The lowest BCUT2D eigenvalue weighted by atomic mass is 9.96. The summed E-state index contributed by atoms with van der Waals surface area (Å²) in [7, 11) is 0. The van der Waals surface area contributed by atoms with Gasteiger partial charge in [0.1, 0.15) is 17.7 Å². The molecule has 4 nitrogen and oxygen atoms in total. The molecule has 0 aliphatic heterocycles. The maximum atomic E-state index is 13.6. The summed E-state index contributed by atoms with van der Waals surface area (Å²) < 4.78 is 26.5. The number of carboxylic acid groups (broad SMARTS) is 1. The van der Waals surface area contributed by atoms with E-state index in [-0.39, 0.29) is 12.0 Å². The van der Waals surface area contributed by atoms with E-state index in [1.807, 2.05) is 6.92 Å². The third kappa shape index (κ3) is 5.42. The van der Waals surface area contributed by atoms with Gasteiger partial charge >= 0.3 is 5.97 Å². The van der Waals surface area contributed by atoms with E-state index in [1.54, 1.807) is 6.92 Å². The maximum Gasteiger partial charge on any atom is 0.326 e. The van der Waals surface area contributed by atoms with Gasteiger partial charge in [-0.25, -0.2) is 13.6 Å². The summed E-state index contributed by atoms with van der Waals surface area (Å²) in [5.74, 6) is -3.40. The zero-order chi connectivity index (χ0) is 16.7. The van der Waals surface area contributed by atoms with Crippen LogP contribution in [0.4, 0.5) is 8.78 Å². The molecule has 6 heteroatoms. The Kier molecular flexibility index (Phi) is 6.95. The number of rotatable bonds is 8. The summed E-state index contributed by atoms with van der Waals surface area (Å²) >= 11 is 0. The van der Waals surface area contributed by atoms with Crippen LogP contribution in [0.25, 0.3) is 0 Å². The molecule has 1 unspecified atom stereocenters. The first-order chi connectivity index (χ1) is 10.3. The van der Waals surface area contributed by atoms with Gasteiger partial charge in [-0.2, -0.15) is 0 Å². The van der Waals surface area contributed by atoms with Crippen LogP contribution in [-0.4, -0.2) is 23.0 Å². The molecular formula is C16H21F2NO3. The van der Waals surface area contributed by atoms with Gasteiger partial charge in [-0.05, 0) is 24.0 Å². The monoisotopic (exact) mass is 313 g/mol. The van der Waals surface area contributed by atoms with Gasteiger partial charge in [0.2, 0.25) is 5.91 Å². The van der Waals surface area contributed by atoms with E-state index in [9.17, 15) is 18.4 Å². The minimum atomic E-state index is -1.08. The molecule has 0 bridgehead atoms. The van der Waals surface area contributed by atoms with E-state index >= 15 is 0 Å². The second-order valence-electron chi connectivity index (χ2n) is 5.37. The summed E-state index contributed by atoms with van der Waals surface area (Å²) in [6, 6.07) is 2.27. The van der Waals surface area contributed by atoms with Crippen molar-refractivity contribution < 1.29 is 23.5 Å². The fraction of sp³-hybridized carbons (Fsp3) is 0.500. The Balaban J connectivity index is 2.64. The second-order valence-corrected chi connectivity index (χ2v) is 5.37. The Hall–Kier alpha value is -1.98. The highest BCUT2D eigenvalue weighted by Gasteiger charge is 2.21. The molecule has 1 aromatic rings. The molecule has 0 fully saturated rings. The first kappa shape index (κ1) is 18.1. The van der Waals surface area contributed by atoms with Crippen LogP contribution in [-0.2, 0) is 9.59 Å². The molecule has 1 amide bonds. The molecule has 2 N–H and O–H groups in total. The Morgan fingerprint density at radius 2 is 2.00 bits per heavy atom. The normalized spacial score (nSPS) is 13.5. The van der Waals surface area contributed by atoms with E-state index in [4.69, 9.17) is 5.11 Å². The molecule has 0 aliphatic rings. The lowest BCUT2D eigenvalue weighted by molar-refractivity contribution is -0.142. The van der Waals surface area contributed by atoms with Gasteiger partial charge in [0, 0.05) is 12.5 Å². The Morgan fingerprint density at radius 3 is 2.55 bits per heavy atom. The summed E-state index contributed by atoms with van der Waals surface area (Å²) in [4.78, 5) is 23.0. The summed E-state index contributed by atoms with van der Waals surface area (Å²) in [5.41, 5.74) is 0.233. The van der Waals surface area contributed by atoms with Crippen molar-refractivity contribution in [3.63, 3.8) is 0 Å². The number of hydrogen-bond acceptors (Lipinski definition) is 2. The summed E-state index contributed by atoms with van der Waals surface area (Å²) in [6.45, 7) is 3.57. The predicted octanol–water partition coefficient (Wildman–Crippen LogP) is 3.22. The number of amides is 1. The minimum Gasteiger partial charge on any atom is -0.480 e. The predicted molar refractivity (Wildman–Crippen MR) is 78.5 cm³/mol. The Bertz CT molecular complexity index is 534. The number of carboxylic acids is 1. The Morgan fingerprint density at radius 1 is 1.32 bits per heavy atom. The van der Waals surface area contributed by atoms with Crippen LogP contribution in [0.2, 0.25) is 0 Å². The van der Waals surface area contributed by atoms with Crippen LogP contribution in [0.3, 0.4) is 0 Å². The van der Waals surface area contributed by atoms with E-state index in [0.29, 0.717) is 12.8 Å². The topological polar surface area (TPSA) is 66.4 Å². The molecular weight excluding hydrogens is 292 g/mol. The minimum absolute atomic E-state index is 0.0571. The fourth-order valence-electron chi connectivity index (χ4n) is 2.21. The number of nitrogens with one attached hydrogen (secondary N) is 1. The number of benzene rings is 1. The van der Waals surface area contributed by atoms with Crippen LogP contribution in [0.15, 0.2) is 18.2 Å². The molecule has 0 heterocycles. The van der Waals surface area contributed by atoms with E-state index < -0.39 is 35.5 Å². The number of carbonyl (C=O) groups is 2. The lowest BCUT2D eigenvalue weighted by Crippen LogP contribution is -2.41. The molecule has 0 saturated carbocycles. The molecule has 22 heavy (non-hydrogen) atoms. The highest BCUT2D eigenvalue weighted by molar-refractivity contribution is 5.83. The highest BCUT2D eigenvalue weighted by atomic mass is 19.1. The largest absolute Gasteiger partial charge is 0.480 e. The van der Waals surface area contributed by atoms with Crippen LogP contribution in [0.5, 0.6) is 0 Å². The molecule has 1 rings (SSSR count). The van der Waals surface area contributed by atoms with E-state index in [1.165, 1.54) is 6.07 Å². The van der Waals surface area contributed by atoms with Crippen molar-refractivity contribution in [1.29, 1.82) is 0 Å². The van der Waals surface area contributed by atoms with Crippen LogP contribution in [0, 0.1) is 11.6 Å². The average molecular weight is 313 g/mol. The number of unbranched alkanes of at least 4 members (excludes halogenated alkanes) is 1. The fourth-order valence-corrected chi connectivity index (χ4v) is 2.21. The van der Waals surface area contributed by atoms with Crippen molar-refractivity contribution >= 4 is 11.9 Å². The van der Waals surface area contributed by atoms with Gasteiger partial charge in [0.05, 0.1) is 0 Å². The van der Waals surface area contributed by atoms with Crippen molar-refractivity contribution in [3.8, 4) is 0 Å². The van der Waals surface area contributed by atoms with Crippen molar-refractivity contribution in [2.75, 3.05) is 0 Å². The molecule has 0 aliphatic carbocycles. The SMILES string of the molecule is CCCC[C@H](NC(=O)CC(C)c1ccc(F)cc1F)C(=O)O. The van der Waals surface area contributed by atoms with Gasteiger partial charge in [0.15, 0.2) is 0 Å². The van der Waals surface area contributed by atoms with Crippen LogP contribution >= 0.6 is 0 Å². The third-order valence-electron chi connectivity index (χ3n) is 3.46. The number of aliphatic carboxylic acids is 1. The maximum absolute atomic E-state index is 13.6. The number of carbonyl (C=O) groups excluding carboxylic acids is 1. The number of halogens is 2. The van der Waals surface area contributed by atoms with Gasteiger partial charge in [-0.1, -0.05) is 32.8 Å². The molecule has 0 radical (unpaired) electrons. The molecule has 0 aromatic heterocycles.